The molecule has 0 saturated heterocycles. The van der Waals surface area contributed by atoms with E-state index < -0.39 is 0 Å². The summed E-state index contributed by atoms with van der Waals surface area (Å²) in [4.78, 5) is 26.1. The lowest BCUT2D eigenvalue weighted by molar-refractivity contribution is 0.0958. The number of carbonyl (C=O) groups is 2. The first-order valence-corrected chi connectivity index (χ1v) is 9.71. The van der Waals surface area contributed by atoms with Gasteiger partial charge in [-0.1, -0.05) is 35.9 Å². The summed E-state index contributed by atoms with van der Waals surface area (Å²) in [6, 6.07) is 17.7. The van der Waals surface area contributed by atoms with Crippen molar-refractivity contribution in [2.24, 2.45) is 5.10 Å². The molecule has 0 saturated carbocycles. The molecule has 0 bridgehead atoms. The van der Waals surface area contributed by atoms with Crippen LogP contribution < -0.4 is 10.7 Å². The molecular weight excluding hydrogens is 394 g/mol. The van der Waals surface area contributed by atoms with Crippen LogP contribution in [-0.4, -0.2) is 17.5 Å². The molecule has 0 spiro atoms. The molecule has 0 aliphatic rings. The second kappa shape index (κ2) is 8.82. The average Bonchev–Trinajstić information content (AvgIpc) is 3.13. The molecule has 1 aromatic heterocycles. The highest BCUT2D eigenvalue weighted by molar-refractivity contribution is 7.13. The number of thiophene rings is 1. The molecule has 2 N–H and O–H groups in total. The van der Waals surface area contributed by atoms with Crippen molar-refractivity contribution in [3.63, 3.8) is 0 Å². The minimum atomic E-state index is -0.276. The van der Waals surface area contributed by atoms with Gasteiger partial charge in [-0.25, -0.2) is 5.43 Å². The molecule has 28 heavy (non-hydrogen) atoms. The molecule has 0 radical (unpaired) electrons. The van der Waals surface area contributed by atoms with E-state index in [2.05, 4.69) is 15.8 Å². The van der Waals surface area contributed by atoms with E-state index in [9.17, 15) is 9.59 Å². The first kappa shape index (κ1) is 19.8. The molecule has 7 heteroatoms. The summed E-state index contributed by atoms with van der Waals surface area (Å²) in [5.41, 5.74) is 5.10. The maximum absolute atomic E-state index is 12.3. The second-order valence-electron chi connectivity index (χ2n) is 6.06. The van der Waals surface area contributed by atoms with Gasteiger partial charge in [0.2, 0.25) is 0 Å². The second-order valence-corrected chi connectivity index (χ2v) is 7.75. The largest absolute Gasteiger partial charge is 0.322 e. The molecule has 2 aromatic carbocycles. The highest BCUT2D eigenvalue weighted by atomic mass is 35.5. The van der Waals surface area contributed by atoms with E-state index in [1.54, 1.807) is 49.4 Å². The molecule has 3 aromatic rings. The number of aryl methyl sites for hydroxylation is 1. The topological polar surface area (TPSA) is 70.6 Å². The van der Waals surface area contributed by atoms with E-state index in [0.717, 1.165) is 10.4 Å². The number of halogens is 1. The van der Waals surface area contributed by atoms with Crippen molar-refractivity contribution < 1.29 is 9.59 Å². The lowest BCUT2D eigenvalue weighted by atomic mass is 10.1. The third kappa shape index (κ3) is 4.85. The Morgan fingerprint density at radius 2 is 1.68 bits per heavy atom. The highest BCUT2D eigenvalue weighted by Crippen LogP contribution is 2.18. The van der Waals surface area contributed by atoms with Crippen LogP contribution in [0.5, 0.6) is 0 Å². The molecule has 1 heterocycles. The zero-order valence-corrected chi connectivity index (χ0v) is 16.9. The molecule has 0 unspecified atom stereocenters. The Kier molecular flexibility index (Phi) is 6.23. The number of amides is 2. The van der Waals surface area contributed by atoms with Gasteiger partial charge in [-0.3, -0.25) is 9.59 Å². The summed E-state index contributed by atoms with van der Waals surface area (Å²) in [5.74, 6) is -0.511. The van der Waals surface area contributed by atoms with Crippen molar-refractivity contribution in [3.05, 3.63) is 86.6 Å². The van der Waals surface area contributed by atoms with Gasteiger partial charge in [0, 0.05) is 10.6 Å². The Morgan fingerprint density at radius 1 is 0.964 bits per heavy atom. The Balaban J connectivity index is 1.64. The standard InChI is InChI=1S/C21H18ClN3O2S/c1-13-7-12-19(28-13)21(27)25-24-14(2)15-8-10-16(11-9-15)23-20(26)17-5-3-4-6-18(17)22/h3-12H,1-2H3,(H,23,26)(H,25,27). The van der Waals surface area contributed by atoms with Crippen LogP contribution in [0.2, 0.25) is 5.02 Å². The first-order chi connectivity index (χ1) is 13.4. The van der Waals surface area contributed by atoms with Gasteiger partial charge in [-0.2, -0.15) is 5.10 Å². The van der Waals surface area contributed by atoms with E-state index in [0.29, 0.717) is 26.9 Å². The predicted molar refractivity (Wildman–Crippen MR) is 115 cm³/mol. The third-order valence-corrected chi connectivity index (χ3v) is 5.30. The van der Waals surface area contributed by atoms with E-state index in [-0.39, 0.29) is 11.8 Å². The number of carbonyl (C=O) groups excluding carboxylic acids is 2. The fourth-order valence-corrected chi connectivity index (χ4v) is 3.43. The van der Waals surface area contributed by atoms with Crippen LogP contribution in [0.1, 0.15) is 37.4 Å². The number of hydrogen-bond acceptors (Lipinski definition) is 4. The van der Waals surface area contributed by atoms with Crippen LogP contribution in [0.25, 0.3) is 0 Å². The zero-order chi connectivity index (χ0) is 20.1. The van der Waals surface area contributed by atoms with Crippen molar-refractivity contribution >= 4 is 46.2 Å². The fourth-order valence-electron chi connectivity index (χ4n) is 2.45. The number of rotatable bonds is 5. The fraction of sp³-hybridized carbons (Fsp3) is 0.0952. The molecule has 5 nitrogen and oxygen atoms in total. The van der Waals surface area contributed by atoms with Crippen molar-refractivity contribution in [1.82, 2.24) is 5.43 Å². The smallest absolute Gasteiger partial charge is 0.281 e. The third-order valence-electron chi connectivity index (χ3n) is 3.97. The lowest BCUT2D eigenvalue weighted by Gasteiger charge is -2.08. The summed E-state index contributed by atoms with van der Waals surface area (Å²) < 4.78 is 0. The van der Waals surface area contributed by atoms with E-state index in [4.69, 9.17) is 11.6 Å². The quantitative estimate of drug-likeness (QED) is 0.452. The Bertz CT molecular complexity index is 1040. The Morgan fingerprint density at radius 3 is 2.32 bits per heavy atom. The van der Waals surface area contributed by atoms with Gasteiger partial charge in [0.05, 0.1) is 21.2 Å². The predicted octanol–water partition coefficient (Wildman–Crippen LogP) is 5.12. The zero-order valence-electron chi connectivity index (χ0n) is 15.3. The summed E-state index contributed by atoms with van der Waals surface area (Å²) in [6.45, 7) is 3.75. The van der Waals surface area contributed by atoms with Crippen molar-refractivity contribution in [2.75, 3.05) is 5.32 Å². The van der Waals surface area contributed by atoms with Crippen molar-refractivity contribution in [1.29, 1.82) is 0 Å². The van der Waals surface area contributed by atoms with Crippen LogP contribution >= 0.6 is 22.9 Å². The van der Waals surface area contributed by atoms with Gasteiger partial charge in [-0.05, 0) is 55.8 Å². The van der Waals surface area contributed by atoms with E-state index >= 15 is 0 Å². The SMILES string of the molecule is CC(=NNC(=O)c1ccc(C)s1)c1ccc(NC(=O)c2ccccc2Cl)cc1. The van der Waals surface area contributed by atoms with Crippen molar-refractivity contribution in [2.45, 2.75) is 13.8 Å². The van der Waals surface area contributed by atoms with Crippen LogP contribution in [-0.2, 0) is 0 Å². The molecular formula is C21H18ClN3O2S. The number of hydrogen-bond donors (Lipinski definition) is 2. The summed E-state index contributed by atoms with van der Waals surface area (Å²) in [5, 5.41) is 7.36. The Hall–Kier alpha value is -2.96. The summed E-state index contributed by atoms with van der Waals surface area (Å²) in [7, 11) is 0. The van der Waals surface area contributed by atoms with E-state index in [1.807, 2.05) is 25.1 Å². The highest BCUT2D eigenvalue weighted by Gasteiger charge is 2.10. The number of hydrazone groups is 1. The summed E-state index contributed by atoms with van der Waals surface area (Å²) >= 11 is 7.47. The molecule has 0 atom stereocenters. The minimum absolute atomic E-state index is 0.235. The van der Waals surface area contributed by atoms with Gasteiger partial charge in [-0.15, -0.1) is 11.3 Å². The lowest BCUT2D eigenvalue weighted by Crippen LogP contribution is -2.18. The van der Waals surface area contributed by atoms with Gasteiger partial charge in [0.15, 0.2) is 0 Å². The van der Waals surface area contributed by atoms with Crippen molar-refractivity contribution in [3.8, 4) is 0 Å². The van der Waals surface area contributed by atoms with Gasteiger partial charge in [0.25, 0.3) is 11.8 Å². The Labute approximate surface area is 172 Å². The normalized spacial score (nSPS) is 11.2. The maximum atomic E-state index is 12.3. The van der Waals surface area contributed by atoms with Gasteiger partial charge in [0.1, 0.15) is 0 Å². The number of nitrogens with one attached hydrogen (secondary N) is 2. The number of anilines is 1. The van der Waals surface area contributed by atoms with Crippen LogP contribution in [0.3, 0.4) is 0 Å². The van der Waals surface area contributed by atoms with Gasteiger partial charge < -0.3 is 5.32 Å². The molecule has 2 amide bonds. The molecule has 0 aliphatic carbocycles. The van der Waals surface area contributed by atoms with Crippen LogP contribution in [0, 0.1) is 6.92 Å². The number of nitrogens with zero attached hydrogens (tertiary/aromatic N) is 1. The van der Waals surface area contributed by atoms with Crippen LogP contribution in [0.15, 0.2) is 65.8 Å². The first-order valence-electron chi connectivity index (χ1n) is 8.51. The van der Waals surface area contributed by atoms with Gasteiger partial charge >= 0.3 is 0 Å². The van der Waals surface area contributed by atoms with Crippen LogP contribution in [0.4, 0.5) is 5.69 Å². The van der Waals surface area contributed by atoms with E-state index in [1.165, 1.54) is 11.3 Å². The average molecular weight is 412 g/mol. The number of benzene rings is 2. The maximum Gasteiger partial charge on any atom is 0.281 e. The molecule has 0 fully saturated rings. The minimum Gasteiger partial charge on any atom is -0.322 e. The molecule has 142 valence electrons. The molecule has 0 aliphatic heterocycles. The summed E-state index contributed by atoms with van der Waals surface area (Å²) in [6.07, 6.45) is 0. The molecule has 3 rings (SSSR count). The monoisotopic (exact) mass is 411 g/mol.